The van der Waals surface area contributed by atoms with Crippen LogP contribution < -0.4 is 5.69 Å². The van der Waals surface area contributed by atoms with Gasteiger partial charge in [0, 0.05) is 31.2 Å². The second kappa shape index (κ2) is 6.33. The van der Waals surface area contributed by atoms with Crippen molar-refractivity contribution in [2.24, 2.45) is 7.05 Å². The molecule has 4 rings (SSSR count). The highest BCUT2D eigenvalue weighted by Gasteiger charge is 2.39. The molecule has 1 aromatic carbocycles. The Morgan fingerprint density at radius 3 is 2.76 bits per heavy atom. The second-order valence-corrected chi connectivity index (χ2v) is 7.27. The van der Waals surface area contributed by atoms with Crippen LogP contribution in [0.25, 0.3) is 11.0 Å². The summed E-state index contributed by atoms with van der Waals surface area (Å²) in [4.78, 5) is 32.3. The van der Waals surface area contributed by atoms with Crippen molar-refractivity contribution in [1.29, 1.82) is 0 Å². The normalized spacial score (nSPS) is 24.5. The number of likely N-dealkylation sites (N-methyl/N-ethyl adjacent to an activating group) is 1. The van der Waals surface area contributed by atoms with E-state index in [0.717, 1.165) is 43.5 Å². The van der Waals surface area contributed by atoms with Crippen LogP contribution in [0.1, 0.15) is 43.0 Å². The molecule has 2 aliphatic heterocycles. The van der Waals surface area contributed by atoms with Gasteiger partial charge < -0.3 is 9.88 Å². The first-order chi connectivity index (χ1) is 12.1. The molecule has 2 saturated heterocycles. The number of H-pyrrole nitrogens is 1. The number of aromatic nitrogens is 2. The van der Waals surface area contributed by atoms with Crippen molar-refractivity contribution in [1.82, 2.24) is 19.4 Å². The maximum Gasteiger partial charge on any atom is 0.326 e. The van der Waals surface area contributed by atoms with E-state index in [1.54, 1.807) is 11.6 Å². The Kier molecular flexibility index (Phi) is 4.15. The van der Waals surface area contributed by atoms with E-state index in [2.05, 4.69) is 21.7 Å². The Balaban J connectivity index is 1.62. The predicted molar refractivity (Wildman–Crippen MR) is 97.9 cm³/mol. The number of hydrogen-bond acceptors (Lipinski definition) is 3. The average molecular weight is 342 g/mol. The molecule has 2 aliphatic rings. The van der Waals surface area contributed by atoms with Gasteiger partial charge in [0.1, 0.15) is 0 Å². The molecule has 2 atom stereocenters. The fourth-order valence-corrected chi connectivity index (χ4v) is 4.66. The van der Waals surface area contributed by atoms with Crippen LogP contribution in [0.4, 0.5) is 0 Å². The molecule has 2 fully saturated rings. The smallest absolute Gasteiger partial charge is 0.326 e. The predicted octanol–water partition coefficient (Wildman–Crippen LogP) is 1.96. The van der Waals surface area contributed by atoms with Crippen LogP contribution in [0.15, 0.2) is 23.0 Å². The molecule has 134 valence electrons. The Bertz CT molecular complexity index is 853. The third kappa shape index (κ3) is 2.68. The molecular formula is C19H26N4O2. The van der Waals surface area contributed by atoms with Gasteiger partial charge in [-0.3, -0.25) is 14.3 Å². The number of fused-ring (bicyclic) bond motifs is 1. The number of carbonyl (C=O) groups is 1. The monoisotopic (exact) mass is 342 g/mol. The molecule has 2 aromatic rings. The van der Waals surface area contributed by atoms with Crippen molar-refractivity contribution < 1.29 is 4.79 Å². The SMILES string of the molecule is CCN1CCCC1C1CCCN1C(=O)c1ccc2c(c1)[nH]c(=O)n2C. The molecule has 2 unspecified atom stereocenters. The number of benzene rings is 1. The van der Waals surface area contributed by atoms with Gasteiger partial charge in [0.2, 0.25) is 0 Å². The zero-order chi connectivity index (χ0) is 17.6. The number of aryl methyl sites for hydroxylation is 1. The fraction of sp³-hybridized carbons (Fsp3) is 0.579. The maximum absolute atomic E-state index is 13.2. The summed E-state index contributed by atoms with van der Waals surface area (Å²) in [5, 5.41) is 0. The minimum Gasteiger partial charge on any atom is -0.334 e. The van der Waals surface area contributed by atoms with E-state index in [4.69, 9.17) is 0 Å². The zero-order valence-corrected chi connectivity index (χ0v) is 15.0. The largest absolute Gasteiger partial charge is 0.334 e. The van der Waals surface area contributed by atoms with Crippen molar-refractivity contribution >= 4 is 16.9 Å². The third-order valence-electron chi connectivity index (χ3n) is 5.98. The highest BCUT2D eigenvalue weighted by atomic mass is 16.2. The summed E-state index contributed by atoms with van der Waals surface area (Å²) in [6, 6.07) is 6.34. The Labute approximate surface area is 147 Å². The molecule has 3 heterocycles. The van der Waals surface area contributed by atoms with Crippen LogP contribution in [0.5, 0.6) is 0 Å². The fourth-order valence-electron chi connectivity index (χ4n) is 4.66. The highest BCUT2D eigenvalue weighted by molar-refractivity contribution is 5.97. The van der Waals surface area contributed by atoms with Gasteiger partial charge in [-0.25, -0.2) is 4.79 Å². The summed E-state index contributed by atoms with van der Waals surface area (Å²) < 4.78 is 1.57. The lowest BCUT2D eigenvalue weighted by Gasteiger charge is -2.34. The van der Waals surface area contributed by atoms with Gasteiger partial charge in [0.15, 0.2) is 0 Å². The number of rotatable bonds is 3. The molecule has 0 aliphatic carbocycles. The Hall–Kier alpha value is -2.08. The first-order valence-electron chi connectivity index (χ1n) is 9.34. The molecular weight excluding hydrogens is 316 g/mol. The standard InChI is InChI=1S/C19H26N4O2/c1-3-22-10-4-6-16(22)17-7-5-11-23(17)18(24)13-8-9-15-14(12-13)20-19(25)21(15)2/h8-9,12,16-17H,3-7,10-11H2,1-2H3,(H,20,25). The molecule has 1 N–H and O–H groups in total. The number of aromatic amines is 1. The molecule has 1 aromatic heterocycles. The van der Waals surface area contributed by atoms with E-state index in [-0.39, 0.29) is 11.6 Å². The van der Waals surface area contributed by atoms with Crippen LogP contribution >= 0.6 is 0 Å². The molecule has 6 nitrogen and oxygen atoms in total. The van der Waals surface area contributed by atoms with E-state index in [9.17, 15) is 9.59 Å². The lowest BCUT2D eigenvalue weighted by atomic mass is 10.0. The topological polar surface area (TPSA) is 61.3 Å². The van der Waals surface area contributed by atoms with E-state index in [0.29, 0.717) is 17.6 Å². The number of nitrogens with zero attached hydrogens (tertiary/aromatic N) is 3. The summed E-state index contributed by atoms with van der Waals surface area (Å²) in [7, 11) is 1.73. The third-order valence-corrected chi connectivity index (χ3v) is 5.98. The number of nitrogens with one attached hydrogen (secondary N) is 1. The lowest BCUT2D eigenvalue weighted by molar-refractivity contribution is 0.0650. The summed E-state index contributed by atoms with van der Waals surface area (Å²) in [6.07, 6.45) is 4.59. The van der Waals surface area contributed by atoms with Gasteiger partial charge in [0.05, 0.1) is 11.0 Å². The molecule has 0 saturated carbocycles. The summed E-state index contributed by atoms with van der Waals surface area (Å²) in [6.45, 7) is 5.25. The Morgan fingerprint density at radius 1 is 1.20 bits per heavy atom. The van der Waals surface area contributed by atoms with Gasteiger partial charge in [-0.2, -0.15) is 0 Å². The van der Waals surface area contributed by atoms with Crippen molar-refractivity contribution in [2.45, 2.75) is 44.7 Å². The number of amides is 1. The minimum absolute atomic E-state index is 0.0945. The average Bonchev–Trinajstić information content (AvgIpc) is 3.33. The molecule has 25 heavy (non-hydrogen) atoms. The molecule has 0 bridgehead atoms. The second-order valence-electron chi connectivity index (χ2n) is 7.27. The van der Waals surface area contributed by atoms with Gasteiger partial charge in [-0.15, -0.1) is 0 Å². The number of hydrogen-bond donors (Lipinski definition) is 1. The first-order valence-corrected chi connectivity index (χ1v) is 9.34. The summed E-state index contributed by atoms with van der Waals surface area (Å²) in [5.74, 6) is 0.0945. The van der Waals surface area contributed by atoms with E-state index >= 15 is 0 Å². The van der Waals surface area contributed by atoms with Crippen LogP contribution in [0.2, 0.25) is 0 Å². The van der Waals surface area contributed by atoms with Gasteiger partial charge in [-0.05, 0) is 57.0 Å². The molecule has 0 radical (unpaired) electrons. The highest BCUT2D eigenvalue weighted by Crippen LogP contribution is 2.31. The van der Waals surface area contributed by atoms with E-state index in [1.807, 2.05) is 18.2 Å². The van der Waals surface area contributed by atoms with Crippen LogP contribution in [-0.4, -0.2) is 57.0 Å². The maximum atomic E-state index is 13.2. The van der Waals surface area contributed by atoms with Crippen molar-refractivity contribution in [3.8, 4) is 0 Å². The van der Waals surface area contributed by atoms with Crippen molar-refractivity contribution in [3.05, 3.63) is 34.2 Å². The van der Waals surface area contributed by atoms with Crippen molar-refractivity contribution in [2.75, 3.05) is 19.6 Å². The number of imidazole rings is 1. The van der Waals surface area contributed by atoms with Gasteiger partial charge in [0.25, 0.3) is 5.91 Å². The van der Waals surface area contributed by atoms with Crippen LogP contribution in [0, 0.1) is 0 Å². The van der Waals surface area contributed by atoms with Gasteiger partial charge >= 0.3 is 5.69 Å². The minimum atomic E-state index is -0.150. The molecule has 6 heteroatoms. The first kappa shape index (κ1) is 16.4. The van der Waals surface area contributed by atoms with E-state index in [1.165, 1.54) is 12.8 Å². The van der Waals surface area contributed by atoms with E-state index < -0.39 is 0 Å². The lowest BCUT2D eigenvalue weighted by Crippen LogP contribution is -2.48. The van der Waals surface area contributed by atoms with Crippen molar-refractivity contribution in [3.63, 3.8) is 0 Å². The molecule has 1 amide bonds. The number of carbonyl (C=O) groups excluding carboxylic acids is 1. The zero-order valence-electron chi connectivity index (χ0n) is 15.0. The van der Waals surface area contributed by atoms with Gasteiger partial charge in [-0.1, -0.05) is 6.92 Å². The number of likely N-dealkylation sites (tertiary alicyclic amines) is 2. The summed E-state index contributed by atoms with van der Waals surface area (Å²) >= 11 is 0. The molecule has 0 spiro atoms. The van der Waals surface area contributed by atoms with Crippen LogP contribution in [-0.2, 0) is 7.05 Å². The quantitative estimate of drug-likeness (QED) is 0.927. The van der Waals surface area contributed by atoms with Crippen LogP contribution in [0.3, 0.4) is 0 Å². The Morgan fingerprint density at radius 2 is 1.96 bits per heavy atom. The summed E-state index contributed by atoms with van der Waals surface area (Å²) in [5.41, 5.74) is 2.07.